The van der Waals surface area contributed by atoms with E-state index in [2.05, 4.69) is 5.32 Å². The summed E-state index contributed by atoms with van der Waals surface area (Å²) < 4.78 is 33.6. The first-order valence-electron chi connectivity index (χ1n) is 6.83. The van der Waals surface area contributed by atoms with E-state index >= 15 is 0 Å². The molecule has 0 spiro atoms. The first kappa shape index (κ1) is 14.4. The highest BCUT2D eigenvalue weighted by atomic mass is 19.2. The third-order valence-corrected chi connectivity index (χ3v) is 3.73. The van der Waals surface area contributed by atoms with Gasteiger partial charge in [-0.25, -0.2) is 8.78 Å². The molecule has 1 N–H and O–H groups in total. The van der Waals surface area contributed by atoms with E-state index in [1.54, 1.807) is 26.1 Å². The first-order chi connectivity index (χ1) is 9.10. The maximum absolute atomic E-state index is 14.1. The van der Waals surface area contributed by atoms with Crippen LogP contribution < -0.4 is 5.32 Å². The smallest absolute Gasteiger partial charge is 0.163 e. The molecule has 0 heterocycles. The van der Waals surface area contributed by atoms with Crippen LogP contribution in [0.3, 0.4) is 0 Å². The predicted molar refractivity (Wildman–Crippen MR) is 71.0 cm³/mol. The van der Waals surface area contributed by atoms with E-state index in [1.165, 1.54) is 0 Å². The van der Waals surface area contributed by atoms with E-state index in [9.17, 15) is 8.78 Å². The molecule has 19 heavy (non-hydrogen) atoms. The van der Waals surface area contributed by atoms with Crippen LogP contribution in [0.4, 0.5) is 8.78 Å². The third-order valence-electron chi connectivity index (χ3n) is 3.73. The molecule has 2 unspecified atom stereocenters. The second kappa shape index (κ2) is 5.97. The average molecular weight is 269 g/mol. The van der Waals surface area contributed by atoms with Crippen LogP contribution in [0.5, 0.6) is 0 Å². The summed E-state index contributed by atoms with van der Waals surface area (Å²) in [6.45, 7) is 4.07. The normalized spacial score (nSPS) is 18.4. The van der Waals surface area contributed by atoms with Crippen molar-refractivity contribution in [1.82, 2.24) is 5.32 Å². The molecule has 0 radical (unpaired) electrons. The van der Waals surface area contributed by atoms with Crippen molar-refractivity contribution in [2.24, 2.45) is 5.92 Å². The molecular formula is C15H21F2NO. The van der Waals surface area contributed by atoms with E-state index in [4.69, 9.17) is 4.74 Å². The minimum atomic E-state index is -0.760. The second-order valence-electron chi connectivity index (χ2n) is 5.12. The highest BCUT2D eigenvalue weighted by Gasteiger charge is 2.38. The SMILES string of the molecule is CCOC(C1CC1)C(NC)c1ccc(C)c(F)c1F. The minimum absolute atomic E-state index is 0.0911. The van der Waals surface area contributed by atoms with Crippen molar-refractivity contribution in [3.05, 3.63) is 34.9 Å². The van der Waals surface area contributed by atoms with Crippen molar-refractivity contribution >= 4 is 0 Å². The highest BCUT2D eigenvalue weighted by molar-refractivity contribution is 5.29. The predicted octanol–water partition coefficient (Wildman–Crippen LogP) is 3.35. The molecular weight excluding hydrogens is 248 g/mol. The Labute approximate surface area is 113 Å². The monoisotopic (exact) mass is 269 g/mol. The molecule has 1 aliphatic carbocycles. The Bertz CT molecular complexity index is 446. The highest BCUT2D eigenvalue weighted by Crippen LogP contribution is 2.40. The van der Waals surface area contributed by atoms with Gasteiger partial charge in [-0.05, 0) is 45.2 Å². The van der Waals surface area contributed by atoms with Gasteiger partial charge in [-0.15, -0.1) is 0 Å². The molecule has 2 rings (SSSR count). The molecule has 1 aliphatic rings. The summed E-state index contributed by atoms with van der Waals surface area (Å²) in [5, 5.41) is 3.08. The number of rotatable bonds is 6. The molecule has 1 fully saturated rings. The number of hydrogen-bond acceptors (Lipinski definition) is 2. The lowest BCUT2D eigenvalue weighted by atomic mass is 9.96. The lowest BCUT2D eigenvalue weighted by Crippen LogP contribution is -2.34. The van der Waals surface area contributed by atoms with Crippen LogP contribution in [0.1, 0.15) is 36.9 Å². The van der Waals surface area contributed by atoms with Crippen molar-refractivity contribution < 1.29 is 13.5 Å². The molecule has 0 aliphatic heterocycles. The second-order valence-corrected chi connectivity index (χ2v) is 5.12. The Morgan fingerprint density at radius 1 is 1.32 bits per heavy atom. The number of hydrogen-bond donors (Lipinski definition) is 1. The van der Waals surface area contributed by atoms with Gasteiger partial charge in [0.2, 0.25) is 0 Å². The molecule has 1 aromatic rings. The van der Waals surface area contributed by atoms with Crippen LogP contribution in [0.25, 0.3) is 0 Å². The van der Waals surface area contributed by atoms with Gasteiger partial charge in [0.25, 0.3) is 0 Å². The number of benzene rings is 1. The van der Waals surface area contributed by atoms with Crippen molar-refractivity contribution in [3.63, 3.8) is 0 Å². The van der Waals surface area contributed by atoms with Gasteiger partial charge in [0.05, 0.1) is 12.1 Å². The molecule has 4 heteroatoms. The van der Waals surface area contributed by atoms with E-state index in [-0.39, 0.29) is 12.1 Å². The van der Waals surface area contributed by atoms with Gasteiger partial charge in [-0.3, -0.25) is 0 Å². The molecule has 1 saturated carbocycles. The molecule has 2 nitrogen and oxygen atoms in total. The summed E-state index contributed by atoms with van der Waals surface area (Å²) in [5.41, 5.74) is 0.687. The summed E-state index contributed by atoms with van der Waals surface area (Å²) in [4.78, 5) is 0. The van der Waals surface area contributed by atoms with Crippen LogP contribution in [0.2, 0.25) is 0 Å². The fraction of sp³-hybridized carbons (Fsp3) is 0.600. The molecule has 1 aromatic carbocycles. The van der Waals surface area contributed by atoms with E-state index in [0.29, 0.717) is 23.7 Å². The fourth-order valence-electron chi connectivity index (χ4n) is 2.52. The first-order valence-corrected chi connectivity index (χ1v) is 6.83. The number of halogens is 2. The maximum atomic E-state index is 14.1. The maximum Gasteiger partial charge on any atom is 0.163 e. The Hall–Kier alpha value is -1.00. The van der Waals surface area contributed by atoms with Gasteiger partial charge < -0.3 is 10.1 Å². The van der Waals surface area contributed by atoms with Crippen molar-refractivity contribution in [2.45, 2.75) is 38.8 Å². The Balaban J connectivity index is 2.32. The standard InChI is InChI=1S/C15H21F2NO/c1-4-19-15(10-6-7-10)14(18-3)11-8-5-9(2)12(16)13(11)17/h5,8,10,14-15,18H,4,6-7H2,1-3H3. The topological polar surface area (TPSA) is 21.3 Å². The quantitative estimate of drug-likeness (QED) is 0.855. The number of ether oxygens (including phenoxy) is 1. The third kappa shape index (κ3) is 2.95. The Morgan fingerprint density at radius 2 is 2.00 bits per heavy atom. The van der Waals surface area contributed by atoms with Crippen LogP contribution in [-0.2, 0) is 4.74 Å². The minimum Gasteiger partial charge on any atom is -0.376 e. The number of aryl methyl sites for hydroxylation is 1. The van der Waals surface area contributed by atoms with Crippen LogP contribution in [0.15, 0.2) is 12.1 Å². The van der Waals surface area contributed by atoms with Crippen LogP contribution in [-0.4, -0.2) is 19.8 Å². The van der Waals surface area contributed by atoms with Gasteiger partial charge in [0.15, 0.2) is 11.6 Å². The zero-order valence-corrected chi connectivity index (χ0v) is 11.7. The average Bonchev–Trinajstić information content (AvgIpc) is 3.22. The zero-order chi connectivity index (χ0) is 14.0. The summed E-state index contributed by atoms with van der Waals surface area (Å²) >= 11 is 0. The van der Waals surface area contributed by atoms with E-state index < -0.39 is 11.6 Å². The van der Waals surface area contributed by atoms with Crippen molar-refractivity contribution in [1.29, 1.82) is 0 Å². The van der Waals surface area contributed by atoms with Gasteiger partial charge >= 0.3 is 0 Å². The van der Waals surface area contributed by atoms with Gasteiger partial charge in [-0.2, -0.15) is 0 Å². The molecule has 0 aromatic heterocycles. The summed E-state index contributed by atoms with van der Waals surface area (Å²) in [7, 11) is 1.76. The summed E-state index contributed by atoms with van der Waals surface area (Å²) in [6.07, 6.45) is 2.10. The molecule has 2 atom stereocenters. The zero-order valence-electron chi connectivity index (χ0n) is 11.7. The van der Waals surface area contributed by atoms with Crippen LogP contribution >= 0.6 is 0 Å². The molecule has 0 bridgehead atoms. The van der Waals surface area contributed by atoms with Crippen molar-refractivity contribution in [2.75, 3.05) is 13.7 Å². The van der Waals surface area contributed by atoms with E-state index in [1.807, 2.05) is 6.92 Å². The van der Waals surface area contributed by atoms with Crippen molar-refractivity contribution in [3.8, 4) is 0 Å². The Kier molecular flexibility index (Phi) is 4.53. The van der Waals surface area contributed by atoms with E-state index in [0.717, 1.165) is 12.8 Å². The molecule has 106 valence electrons. The fourth-order valence-corrected chi connectivity index (χ4v) is 2.52. The number of likely N-dealkylation sites (N-methyl/N-ethyl adjacent to an activating group) is 1. The summed E-state index contributed by atoms with van der Waals surface area (Å²) in [5.74, 6) is -1.07. The Morgan fingerprint density at radius 3 is 2.53 bits per heavy atom. The van der Waals surface area contributed by atoms with Gasteiger partial charge in [0, 0.05) is 12.2 Å². The summed E-state index contributed by atoms with van der Waals surface area (Å²) in [6, 6.07) is 2.97. The number of nitrogens with one attached hydrogen (secondary N) is 1. The molecule has 0 saturated heterocycles. The lowest BCUT2D eigenvalue weighted by Gasteiger charge is -2.27. The van der Waals surface area contributed by atoms with Gasteiger partial charge in [-0.1, -0.05) is 12.1 Å². The lowest BCUT2D eigenvalue weighted by molar-refractivity contribution is 0.0194. The van der Waals surface area contributed by atoms with Crippen LogP contribution in [0, 0.1) is 24.5 Å². The van der Waals surface area contributed by atoms with Gasteiger partial charge in [0.1, 0.15) is 0 Å². The largest absolute Gasteiger partial charge is 0.376 e. The molecule has 0 amide bonds.